The zero-order valence-electron chi connectivity index (χ0n) is 17.2. The van der Waals surface area contributed by atoms with Crippen LogP contribution in [0.1, 0.15) is 67.2 Å². The van der Waals surface area contributed by atoms with Crippen molar-refractivity contribution < 1.29 is 47.0 Å². The molecule has 2 nitrogen and oxygen atoms in total. The fourth-order valence-corrected chi connectivity index (χ4v) is 14.1. The average molecular weight is 441 g/mol. The molecule has 1 N–H and O–H groups in total. The van der Waals surface area contributed by atoms with Gasteiger partial charge >= 0.3 is 151 Å². The van der Waals surface area contributed by atoms with Crippen molar-refractivity contribution in [3.63, 3.8) is 0 Å². The Labute approximate surface area is 175 Å². The molecule has 0 aromatic rings. The van der Waals surface area contributed by atoms with Crippen molar-refractivity contribution in [1.29, 1.82) is 0 Å². The maximum atomic E-state index is 12.8. The van der Waals surface area contributed by atoms with Gasteiger partial charge in [0.25, 0.3) is 0 Å². The summed E-state index contributed by atoms with van der Waals surface area (Å²) in [6.45, 7) is 17.5. The molecule has 0 radical (unpaired) electrons. The monoisotopic (exact) mass is 440 g/mol. The molecule has 0 aromatic carbocycles. The summed E-state index contributed by atoms with van der Waals surface area (Å²) in [4.78, 5) is 12.8. The number of carbonyl (C=O) groups is 1. The Morgan fingerprint density at radius 3 is 2.08 bits per heavy atom. The normalized spacial score (nSPS) is 18.0. The van der Waals surface area contributed by atoms with Gasteiger partial charge in [-0.2, -0.15) is 0 Å². The zero-order valence-corrected chi connectivity index (χ0v) is 21.5. The SMILES string of the molecule is CCCCC(CC)C(=O)[NH][Ti+2]([C]1=C(C)C(C)=C(C)C1C)[SiH](C)C.[Cl-].[Cl-]. The molecule has 1 amide bonds. The number of unbranched alkanes of at least 4 members (excludes halogenated alkanes) is 1. The van der Waals surface area contributed by atoms with E-state index in [2.05, 4.69) is 58.4 Å². The Morgan fingerprint density at radius 1 is 1.16 bits per heavy atom. The number of hydrogen-bond acceptors (Lipinski definition) is 1. The maximum absolute atomic E-state index is 12.8. The van der Waals surface area contributed by atoms with Crippen molar-refractivity contribution in [2.24, 2.45) is 11.8 Å². The Kier molecular flexibility index (Phi) is 14.1. The minimum atomic E-state index is -1.66. The summed E-state index contributed by atoms with van der Waals surface area (Å²) in [7, 11) is 0. The first-order valence-corrected chi connectivity index (χ1v) is 16.5. The van der Waals surface area contributed by atoms with E-state index in [0.29, 0.717) is 11.8 Å². The van der Waals surface area contributed by atoms with Gasteiger partial charge in [0.15, 0.2) is 0 Å². The van der Waals surface area contributed by atoms with Crippen molar-refractivity contribution in [1.82, 2.24) is 3.80 Å². The first kappa shape index (κ1) is 27.7. The summed E-state index contributed by atoms with van der Waals surface area (Å²) in [5.74, 6) is 1.13. The predicted octanol–water partition coefficient (Wildman–Crippen LogP) is -0.896. The molecule has 25 heavy (non-hydrogen) atoms. The number of rotatable bonds is 8. The third-order valence-electron chi connectivity index (χ3n) is 5.54. The molecule has 1 rings (SSSR count). The molecule has 0 saturated carbocycles. The quantitative estimate of drug-likeness (QED) is 0.487. The maximum Gasteiger partial charge on any atom is -1.00 e. The van der Waals surface area contributed by atoms with Crippen LogP contribution in [0.5, 0.6) is 0 Å². The van der Waals surface area contributed by atoms with Gasteiger partial charge in [0.2, 0.25) is 0 Å². The number of hydrogen-bond donors (Lipinski definition) is 1. The van der Waals surface area contributed by atoms with Crippen LogP contribution in [-0.4, -0.2) is 12.6 Å². The van der Waals surface area contributed by atoms with Gasteiger partial charge in [-0.25, -0.2) is 0 Å². The Morgan fingerprint density at radius 2 is 1.72 bits per heavy atom. The van der Waals surface area contributed by atoms with Crippen LogP contribution in [-0.2, 0) is 22.2 Å². The summed E-state index contributed by atoms with van der Waals surface area (Å²) in [6, 6.07) is 0. The summed E-state index contributed by atoms with van der Waals surface area (Å²) in [6.07, 6.45) is 4.36. The number of allylic oxidation sites excluding steroid dienone is 4. The molecule has 0 spiro atoms. The average Bonchev–Trinajstić information content (AvgIpc) is 2.69. The van der Waals surface area contributed by atoms with E-state index in [0.717, 1.165) is 19.3 Å². The molecule has 0 bridgehead atoms. The summed E-state index contributed by atoms with van der Waals surface area (Å²) in [5, 5.41) is 0. The van der Waals surface area contributed by atoms with Crippen LogP contribution in [0.25, 0.3) is 0 Å². The third kappa shape index (κ3) is 6.84. The summed E-state index contributed by atoms with van der Waals surface area (Å²) < 4.78 is 5.28. The first-order chi connectivity index (χ1) is 10.8. The van der Waals surface area contributed by atoms with E-state index < -0.39 is 24.0 Å². The molecule has 0 heterocycles. The minimum absolute atomic E-state index is 0. The topological polar surface area (TPSA) is 29.1 Å². The van der Waals surface area contributed by atoms with E-state index in [1.165, 1.54) is 23.1 Å². The molecule has 2 atom stereocenters. The molecule has 6 heteroatoms. The van der Waals surface area contributed by atoms with Gasteiger partial charge in [-0.1, -0.05) is 0 Å². The molecular weight excluding hydrogens is 405 g/mol. The fourth-order valence-electron chi connectivity index (χ4n) is 3.53. The van der Waals surface area contributed by atoms with Crippen LogP contribution in [0.4, 0.5) is 0 Å². The van der Waals surface area contributed by atoms with Gasteiger partial charge in [-0.05, 0) is 0 Å². The Balaban J connectivity index is 0. The Hall–Kier alpha value is 0.461. The van der Waals surface area contributed by atoms with E-state index in [9.17, 15) is 4.79 Å². The van der Waals surface area contributed by atoms with Crippen LogP contribution < -0.4 is 28.6 Å². The number of nitrogens with one attached hydrogen (secondary N) is 1. The van der Waals surface area contributed by atoms with Crippen molar-refractivity contribution in [3.05, 3.63) is 20.6 Å². The van der Waals surface area contributed by atoms with Crippen molar-refractivity contribution in [2.75, 3.05) is 0 Å². The number of carbonyl (C=O) groups excluding carboxylic acids is 1. The molecular formula is C19H36Cl2NOSiTi. The molecule has 1 aliphatic rings. The molecule has 0 saturated heterocycles. The largest absolute Gasteiger partial charge is 1.00 e. The van der Waals surface area contributed by atoms with Gasteiger partial charge in [-0.3, -0.25) is 0 Å². The molecule has 2 unspecified atom stereocenters. The van der Waals surface area contributed by atoms with E-state index in [1.54, 1.807) is 3.88 Å². The summed E-state index contributed by atoms with van der Waals surface area (Å²) in [5.41, 5.74) is 4.48. The molecule has 0 aromatic heterocycles. The van der Waals surface area contributed by atoms with Crippen molar-refractivity contribution in [3.8, 4) is 0 Å². The van der Waals surface area contributed by atoms with Crippen LogP contribution in [0.15, 0.2) is 20.6 Å². The van der Waals surface area contributed by atoms with Gasteiger partial charge in [0, 0.05) is 0 Å². The van der Waals surface area contributed by atoms with E-state index in [-0.39, 0.29) is 30.7 Å². The first-order valence-electron chi connectivity index (χ1n) is 9.32. The second-order valence-corrected chi connectivity index (χ2v) is 20.0. The zero-order chi connectivity index (χ0) is 17.7. The summed E-state index contributed by atoms with van der Waals surface area (Å²) >= 11 is -1.66. The smallest absolute Gasteiger partial charge is 1.00 e. The third-order valence-corrected chi connectivity index (χ3v) is 17.0. The minimum Gasteiger partial charge on any atom is -1.00 e. The van der Waals surface area contributed by atoms with Crippen LogP contribution >= 0.6 is 0 Å². The van der Waals surface area contributed by atoms with Gasteiger partial charge < -0.3 is 24.8 Å². The second kappa shape index (κ2) is 12.8. The van der Waals surface area contributed by atoms with Gasteiger partial charge in [-0.15, -0.1) is 0 Å². The fraction of sp³-hybridized carbons (Fsp3) is 0.737. The van der Waals surface area contributed by atoms with E-state index >= 15 is 0 Å². The van der Waals surface area contributed by atoms with Crippen LogP contribution in [0.3, 0.4) is 0 Å². The van der Waals surface area contributed by atoms with Crippen LogP contribution in [0, 0.1) is 11.8 Å². The predicted molar refractivity (Wildman–Crippen MR) is 101 cm³/mol. The number of amides is 1. The van der Waals surface area contributed by atoms with Crippen molar-refractivity contribution >= 4 is 12.6 Å². The second-order valence-electron chi connectivity index (χ2n) is 7.37. The van der Waals surface area contributed by atoms with E-state index in [1.807, 2.05) is 0 Å². The van der Waals surface area contributed by atoms with Gasteiger partial charge in [0.05, 0.1) is 0 Å². The Bertz CT molecular complexity index is 506. The van der Waals surface area contributed by atoms with Crippen molar-refractivity contribution in [2.45, 2.75) is 80.3 Å². The molecule has 0 fully saturated rings. The standard InChI is InChI=1S/C9H13.C8H17NO.C2H7Si.2ClH.Ti/c1-6-5-7(2)9(4)8(6)3;1-3-5-6-7(4-2)8(9)10;1-3-2;;;/h6H,1-4H3;7H,3-6H2,1-2H3,(H2,9,10);3H,1-2H3;2*1H;/q;;;;;+3/p-3. The van der Waals surface area contributed by atoms with E-state index in [4.69, 9.17) is 0 Å². The van der Waals surface area contributed by atoms with Crippen LogP contribution in [0.2, 0.25) is 13.1 Å². The number of halogens is 2. The molecule has 145 valence electrons. The molecule has 1 aliphatic carbocycles. The molecule has 0 aliphatic heterocycles. The van der Waals surface area contributed by atoms with Gasteiger partial charge in [0.1, 0.15) is 0 Å².